The van der Waals surface area contributed by atoms with Crippen molar-refractivity contribution >= 4 is 22.4 Å². The Balaban J connectivity index is 1.97. The van der Waals surface area contributed by atoms with Crippen molar-refractivity contribution in [3.05, 3.63) is 5.01 Å². The van der Waals surface area contributed by atoms with Gasteiger partial charge in [0.05, 0.1) is 0 Å². The van der Waals surface area contributed by atoms with Gasteiger partial charge in [-0.25, -0.2) is 0 Å². The van der Waals surface area contributed by atoms with Crippen LogP contribution in [0.2, 0.25) is 0 Å². The van der Waals surface area contributed by atoms with Crippen LogP contribution in [0.5, 0.6) is 0 Å². The SMILES string of the molecule is Nc1nnc(C(=O)N2CCC(CCO)C2)s1. The highest BCUT2D eigenvalue weighted by molar-refractivity contribution is 7.16. The molecule has 0 saturated carbocycles. The Morgan fingerprint density at radius 1 is 1.62 bits per heavy atom. The molecule has 6 nitrogen and oxygen atoms in total. The van der Waals surface area contributed by atoms with Gasteiger partial charge in [-0.2, -0.15) is 0 Å². The summed E-state index contributed by atoms with van der Waals surface area (Å²) in [6.45, 7) is 1.60. The van der Waals surface area contributed by atoms with Crippen molar-refractivity contribution in [2.75, 3.05) is 25.4 Å². The lowest BCUT2D eigenvalue weighted by Gasteiger charge is -2.13. The van der Waals surface area contributed by atoms with Gasteiger partial charge in [0.2, 0.25) is 10.1 Å². The maximum Gasteiger partial charge on any atom is 0.284 e. The van der Waals surface area contributed by atoms with E-state index in [0.29, 0.717) is 22.6 Å². The lowest BCUT2D eigenvalue weighted by Crippen LogP contribution is -2.28. The van der Waals surface area contributed by atoms with E-state index in [2.05, 4.69) is 10.2 Å². The van der Waals surface area contributed by atoms with Crippen LogP contribution in [-0.4, -0.2) is 45.8 Å². The second-order valence-electron chi connectivity index (χ2n) is 3.86. The number of rotatable bonds is 3. The van der Waals surface area contributed by atoms with Gasteiger partial charge < -0.3 is 15.7 Å². The van der Waals surface area contributed by atoms with E-state index in [1.165, 1.54) is 0 Å². The highest BCUT2D eigenvalue weighted by Crippen LogP contribution is 2.22. The number of hydrogen-bond acceptors (Lipinski definition) is 6. The van der Waals surface area contributed by atoms with Gasteiger partial charge >= 0.3 is 0 Å². The molecule has 1 aliphatic heterocycles. The lowest BCUT2D eigenvalue weighted by molar-refractivity contribution is 0.0783. The molecule has 2 heterocycles. The molecule has 88 valence electrons. The summed E-state index contributed by atoms with van der Waals surface area (Å²) in [6.07, 6.45) is 1.70. The largest absolute Gasteiger partial charge is 0.396 e. The highest BCUT2D eigenvalue weighted by atomic mass is 32.1. The monoisotopic (exact) mass is 242 g/mol. The van der Waals surface area contributed by atoms with E-state index in [1.807, 2.05) is 0 Å². The Labute approximate surface area is 97.1 Å². The summed E-state index contributed by atoms with van der Waals surface area (Å²) in [4.78, 5) is 13.7. The summed E-state index contributed by atoms with van der Waals surface area (Å²) in [5.41, 5.74) is 5.43. The van der Waals surface area contributed by atoms with Crippen LogP contribution in [0, 0.1) is 5.92 Å². The third-order valence-electron chi connectivity index (χ3n) is 2.73. The smallest absolute Gasteiger partial charge is 0.284 e. The van der Waals surface area contributed by atoms with Gasteiger partial charge in [-0.3, -0.25) is 4.79 Å². The van der Waals surface area contributed by atoms with Gasteiger partial charge in [0.1, 0.15) is 0 Å². The number of aliphatic hydroxyl groups is 1. The number of nitrogen functional groups attached to an aromatic ring is 1. The van der Waals surface area contributed by atoms with E-state index in [-0.39, 0.29) is 12.5 Å². The van der Waals surface area contributed by atoms with Crippen LogP contribution in [0.1, 0.15) is 22.6 Å². The topological polar surface area (TPSA) is 92.3 Å². The maximum absolute atomic E-state index is 11.9. The zero-order chi connectivity index (χ0) is 11.5. The van der Waals surface area contributed by atoms with Crippen LogP contribution in [0.4, 0.5) is 5.13 Å². The fourth-order valence-electron chi connectivity index (χ4n) is 1.89. The molecule has 1 aromatic heterocycles. The molecule has 1 aliphatic rings. The van der Waals surface area contributed by atoms with Crippen molar-refractivity contribution in [2.24, 2.45) is 5.92 Å². The average molecular weight is 242 g/mol. The molecule has 1 atom stereocenters. The zero-order valence-corrected chi connectivity index (χ0v) is 9.61. The summed E-state index contributed by atoms with van der Waals surface area (Å²) in [5, 5.41) is 16.9. The van der Waals surface area contributed by atoms with E-state index in [1.54, 1.807) is 4.90 Å². The minimum Gasteiger partial charge on any atom is -0.396 e. The van der Waals surface area contributed by atoms with Gasteiger partial charge in [0.15, 0.2) is 0 Å². The van der Waals surface area contributed by atoms with Gasteiger partial charge in [-0.1, -0.05) is 11.3 Å². The average Bonchev–Trinajstić information content (AvgIpc) is 2.87. The summed E-state index contributed by atoms with van der Waals surface area (Å²) >= 11 is 1.11. The zero-order valence-electron chi connectivity index (χ0n) is 8.80. The normalized spacial score (nSPS) is 20.3. The number of anilines is 1. The molecule has 1 fully saturated rings. The molecule has 0 aromatic carbocycles. The van der Waals surface area contributed by atoms with Crippen LogP contribution >= 0.6 is 11.3 Å². The molecule has 0 bridgehead atoms. The number of nitrogens with zero attached hydrogens (tertiary/aromatic N) is 3. The van der Waals surface area contributed by atoms with E-state index in [4.69, 9.17) is 10.8 Å². The van der Waals surface area contributed by atoms with Crippen molar-refractivity contribution in [1.82, 2.24) is 15.1 Å². The van der Waals surface area contributed by atoms with E-state index in [9.17, 15) is 4.79 Å². The molecule has 0 radical (unpaired) electrons. The molecule has 0 spiro atoms. The Bertz CT molecular complexity index is 381. The number of aromatic nitrogens is 2. The third kappa shape index (κ3) is 2.30. The van der Waals surface area contributed by atoms with E-state index < -0.39 is 0 Å². The molecule has 16 heavy (non-hydrogen) atoms. The second kappa shape index (κ2) is 4.75. The molecule has 1 saturated heterocycles. The molecule has 1 unspecified atom stereocenters. The molecule has 1 amide bonds. The number of nitrogens with two attached hydrogens (primary N) is 1. The minimum absolute atomic E-state index is 0.102. The maximum atomic E-state index is 11.9. The number of carbonyl (C=O) groups excluding carboxylic acids is 1. The number of amides is 1. The summed E-state index contributed by atoms with van der Waals surface area (Å²) in [5.74, 6) is 0.300. The molecule has 1 aromatic rings. The second-order valence-corrected chi connectivity index (χ2v) is 4.87. The predicted octanol–water partition coefficient (Wildman–Crippen LogP) is -0.0352. The van der Waals surface area contributed by atoms with Gasteiger partial charge in [0, 0.05) is 19.7 Å². The predicted molar refractivity (Wildman–Crippen MR) is 60.0 cm³/mol. The number of carbonyl (C=O) groups is 1. The van der Waals surface area contributed by atoms with E-state index in [0.717, 1.165) is 30.7 Å². The van der Waals surface area contributed by atoms with Crippen molar-refractivity contribution in [3.63, 3.8) is 0 Å². The van der Waals surface area contributed by atoms with Crippen LogP contribution in [0.3, 0.4) is 0 Å². The summed E-state index contributed by atoms with van der Waals surface area (Å²) < 4.78 is 0. The molecule has 3 N–H and O–H groups in total. The number of hydrogen-bond donors (Lipinski definition) is 2. The Kier molecular flexibility index (Phi) is 3.35. The Morgan fingerprint density at radius 3 is 3.06 bits per heavy atom. The number of likely N-dealkylation sites (tertiary alicyclic amines) is 1. The van der Waals surface area contributed by atoms with Crippen molar-refractivity contribution in [1.29, 1.82) is 0 Å². The first-order chi connectivity index (χ1) is 7.70. The van der Waals surface area contributed by atoms with Crippen LogP contribution in [0.25, 0.3) is 0 Å². The summed E-state index contributed by atoms with van der Waals surface area (Å²) in [6, 6.07) is 0. The standard InChI is InChI=1S/C9H14N4O2S/c10-9-12-11-7(16-9)8(15)13-3-1-6(5-13)2-4-14/h6,14H,1-5H2,(H2,10,12). The van der Waals surface area contributed by atoms with Gasteiger partial charge in [0.25, 0.3) is 5.91 Å². The fraction of sp³-hybridized carbons (Fsp3) is 0.667. The molecule has 7 heteroatoms. The minimum atomic E-state index is -0.102. The van der Waals surface area contributed by atoms with Crippen LogP contribution in [-0.2, 0) is 0 Å². The van der Waals surface area contributed by atoms with Crippen molar-refractivity contribution in [3.8, 4) is 0 Å². The van der Waals surface area contributed by atoms with E-state index >= 15 is 0 Å². The molecule has 0 aliphatic carbocycles. The third-order valence-corrected chi connectivity index (χ3v) is 3.47. The Hall–Kier alpha value is -1.21. The number of aliphatic hydroxyl groups excluding tert-OH is 1. The first-order valence-corrected chi connectivity index (χ1v) is 6.01. The first-order valence-electron chi connectivity index (χ1n) is 5.20. The molecular formula is C9H14N4O2S. The van der Waals surface area contributed by atoms with Crippen LogP contribution in [0.15, 0.2) is 0 Å². The van der Waals surface area contributed by atoms with Crippen molar-refractivity contribution in [2.45, 2.75) is 12.8 Å². The molecular weight excluding hydrogens is 228 g/mol. The van der Waals surface area contributed by atoms with Gasteiger partial charge in [-0.15, -0.1) is 10.2 Å². The molecule has 2 rings (SSSR count). The van der Waals surface area contributed by atoms with Crippen LogP contribution < -0.4 is 5.73 Å². The Morgan fingerprint density at radius 2 is 2.44 bits per heavy atom. The summed E-state index contributed by atoms with van der Waals surface area (Å²) in [7, 11) is 0. The van der Waals surface area contributed by atoms with Crippen molar-refractivity contribution < 1.29 is 9.90 Å². The fourth-order valence-corrected chi connectivity index (χ4v) is 2.47. The quantitative estimate of drug-likeness (QED) is 0.776. The first kappa shape index (κ1) is 11.3. The highest BCUT2D eigenvalue weighted by Gasteiger charge is 2.28. The van der Waals surface area contributed by atoms with Gasteiger partial charge in [-0.05, 0) is 18.8 Å². The lowest BCUT2D eigenvalue weighted by atomic mass is 10.1.